The fourth-order valence-corrected chi connectivity index (χ4v) is 1.49. The van der Waals surface area contributed by atoms with Crippen molar-refractivity contribution in [2.45, 2.75) is 40.0 Å². The highest BCUT2D eigenvalue weighted by Crippen LogP contribution is 2.40. The van der Waals surface area contributed by atoms with Crippen molar-refractivity contribution in [3.63, 3.8) is 0 Å². The molecule has 8 nitrogen and oxygen atoms in total. The lowest BCUT2D eigenvalue weighted by Gasteiger charge is -2.14. The molecule has 0 amide bonds. The monoisotopic (exact) mass is 338 g/mol. The molecule has 0 aliphatic carbocycles. The summed E-state index contributed by atoms with van der Waals surface area (Å²) in [6, 6.07) is 2.29. The van der Waals surface area contributed by atoms with Crippen LogP contribution in [-0.4, -0.2) is 24.4 Å². The topological polar surface area (TPSA) is 105 Å². The fourth-order valence-electron chi connectivity index (χ4n) is 1.49. The van der Waals surface area contributed by atoms with E-state index in [1.54, 1.807) is 20.8 Å². The van der Waals surface area contributed by atoms with Crippen LogP contribution in [0.5, 0.6) is 23.0 Å². The third-order valence-corrected chi connectivity index (χ3v) is 2.72. The van der Waals surface area contributed by atoms with Crippen molar-refractivity contribution in [2.24, 2.45) is 0 Å². The molecule has 0 atom stereocenters. The largest absolute Gasteiger partial charge is 0.425 e. The molecule has 1 aromatic carbocycles. The van der Waals surface area contributed by atoms with Crippen molar-refractivity contribution in [2.75, 3.05) is 0 Å². The van der Waals surface area contributed by atoms with E-state index in [-0.39, 0.29) is 48.7 Å². The highest BCUT2D eigenvalue weighted by Gasteiger charge is 2.20. The highest BCUT2D eigenvalue weighted by molar-refractivity contribution is 5.78. The number of carbonyl (C=O) groups is 4. The average molecular weight is 338 g/mol. The van der Waals surface area contributed by atoms with Gasteiger partial charge >= 0.3 is 17.9 Å². The fraction of sp³-hybridized carbons (Fsp3) is 0.375. The first kappa shape index (κ1) is 19.1. The van der Waals surface area contributed by atoms with Gasteiger partial charge in [0.2, 0.25) is 0 Å². The Morgan fingerprint density at radius 2 is 1.08 bits per heavy atom. The number of hydrogen-bond acceptors (Lipinski definition) is 8. The molecule has 0 radical (unpaired) electrons. The average Bonchev–Trinajstić information content (AvgIpc) is 2.57. The molecular formula is C16H18O8. The minimum absolute atomic E-state index is 0.0805. The molecule has 0 saturated heterocycles. The van der Waals surface area contributed by atoms with Gasteiger partial charge in [-0.2, -0.15) is 0 Å². The van der Waals surface area contributed by atoms with Gasteiger partial charge in [0.25, 0.3) is 6.47 Å². The van der Waals surface area contributed by atoms with Crippen molar-refractivity contribution in [1.82, 2.24) is 0 Å². The van der Waals surface area contributed by atoms with Crippen LogP contribution in [-0.2, 0) is 19.2 Å². The summed E-state index contributed by atoms with van der Waals surface area (Å²) in [5.41, 5.74) is 0. The molecule has 1 aromatic rings. The Morgan fingerprint density at radius 1 is 0.750 bits per heavy atom. The summed E-state index contributed by atoms with van der Waals surface area (Å²) in [6.07, 6.45) is 0.243. The maximum absolute atomic E-state index is 11.5. The van der Waals surface area contributed by atoms with E-state index < -0.39 is 17.9 Å². The summed E-state index contributed by atoms with van der Waals surface area (Å²) in [5, 5.41) is 0. The number of hydrogen-bond donors (Lipinski definition) is 0. The second-order valence-corrected chi connectivity index (χ2v) is 4.44. The molecule has 0 unspecified atom stereocenters. The number of benzene rings is 1. The predicted molar refractivity (Wildman–Crippen MR) is 80.9 cm³/mol. The van der Waals surface area contributed by atoms with Crippen molar-refractivity contribution in [1.29, 1.82) is 0 Å². The number of esters is 3. The summed E-state index contributed by atoms with van der Waals surface area (Å²) in [5.74, 6) is -2.29. The second kappa shape index (κ2) is 9.29. The Hall–Kier alpha value is -2.90. The van der Waals surface area contributed by atoms with Gasteiger partial charge in [-0.15, -0.1) is 0 Å². The SMILES string of the molecule is CCC(=O)Oc1cc(OC(=O)CC)c(OC(=O)CC)cc1OC=O. The first-order chi connectivity index (χ1) is 11.4. The highest BCUT2D eigenvalue weighted by atomic mass is 16.6. The van der Waals surface area contributed by atoms with Crippen LogP contribution in [0.4, 0.5) is 0 Å². The van der Waals surface area contributed by atoms with Gasteiger partial charge in [0, 0.05) is 31.4 Å². The van der Waals surface area contributed by atoms with Crippen LogP contribution in [0.25, 0.3) is 0 Å². The van der Waals surface area contributed by atoms with E-state index in [0.29, 0.717) is 0 Å². The second-order valence-electron chi connectivity index (χ2n) is 4.44. The summed E-state index contributed by atoms with van der Waals surface area (Å²) < 4.78 is 19.9. The van der Waals surface area contributed by atoms with Crippen LogP contribution in [0.1, 0.15) is 40.0 Å². The first-order valence-electron chi connectivity index (χ1n) is 7.35. The van der Waals surface area contributed by atoms with Crippen molar-refractivity contribution >= 4 is 24.4 Å². The Bertz CT molecular complexity index is 635. The summed E-state index contributed by atoms with van der Waals surface area (Å²) >= 11 is 0. The van der Waals surface area contributed by atoms with E-state index >= 15 is 0 Å². The van der Waals surface area contributed by atoms with Crippen molar-refractivity contribution < 1.29 is 38.1 Å². The van der Waals surface area contributed by atoms with E-state index in [1.807, 2.05) is 0 Å². The minimum Gasteiger partial charge on any atom is -0.425 e. The van der Waals surface area contributed by atoms with Gasteiger partial charge in [0.15, 0.2) is 23.0 Å². The molecule has 0 saturated carbocycles. The molecule has 8 heteroatoms. The molecule has 0 aromatic heterocycles. The Morgan fingerprint density at radius 3 is 1.42 bits per heavy atom. The van der Waals surface area contributed by atoms with Gasteiger partial charge in [0.1, 0.15) is 0 Å². The molecule has 0 spiro atoms. The van der Waals surface area contributed by atoms with Gasteiger partial charge in [-0.1, -0.05) is 20.8 Å². The van der Waals surface area contributed by atoms with Gasteiger partial charge in [0.05, 0.1) is 0 Å². The van der Waals surface area contributed by atoms with E-state index in [2.05, 4.69) is 0 Å². The molecule has 0 fully saturated rings. The van der Waals surface area contributed by atoms with E-state index in [0.717, 1.165) is 12.1 Å². The number of rotatable bonds is 8. The van der Waals surface area contributed by atoms with E-state index in [9.17, 15) is 19.2 Å². The Balaban J connectivity index is 3.34. The number of carbonyl (C=O) groups excluding carboxylic acids is 4. The third kappa shape index (κ3) is 5.38. The zero-order valence-electron chi connectivity index (χ0n) is 13.6. The van der Waals surface area contributed by atoms with Gasteiger partial charge in [-0.05, 0) is 0 Å². The third-order valence-electron chi connectivity index (χ3n) is 2.72. The standard InChI is InChI=1S/C16H18O8/c1-4-14(18)22-11-8-13(24-16(20)6-3)12(23-15(19)5-2)7-10(11)21-9-17/h7-9H,4-6H2,1-3H3. The van der Waals surface area contributed by atoms with Crippen LogP contribution in [0.15, 0.2) is 12.1 Å². The molecular weight excluding hydrogens is 320 g/mol. The first-order valence-corrected chi connectivity index (χ1v) is 7.35. The predicted octanol–water partition coefficient (Wildman–Crippen LogP) is 2.17. The van der Waals surface area contributed by atoms with E-state index in [4.69, 9.17) is 18.9 Å². The molecule has 1 rings (SSSR count). The summed E-state index contributed by atoms with van der Waals surface area (Å²) in [4.78, 5) is 45.1. The quantitative estimate of drug-likeness (QED) is 0.403. The minimum atomic E-state index is -0.586. The molecule has 0 aliphatic rings. The smallest absolute Gasteiger partial charge is 0.311 e. The molecule has 130 valence electrons. The molecule has 0 heterocycles. The van der Waals surface area contributed by atoms with Crippen LogP contribution in [0.2, 0.25) is 0 Å². The maximum Gasteiger partial charge on any atom is 0.311 e. The van der Waals surface area contributed by atoms with E-state index in [1.165, 1.54) is 0 Å². The maximum atomic E-state index is 11.5. The number of ether oxygens (including phenoxy) is 4. The van der Waals surface area contributed by atoms with Gasteiger partial charge in [-0.25, -0.2) is 0 Å². The lowest BCUT2D eigenvalue weighted by molar-refractivity contribution is -0.137. The van der Waals surface area contributed by atoms with Crippen LogP contribution in [0.3, 0.4) is 0 Å². The lowest BCUT2D eigenvalue weighted by atomic mass is 10.2. The molecule has 0 bridgehead atoms. The lowest BCUT2D eigenvalue weighted by Crippen LogP contribution is -2.12. The Kier molecular flexibility index (Phi) is 7.41. The summed E-state index contributed by atoms with van der Waals surface area (Å²) in [6.45, 7) is 4.88. The molecule has 0 N–H and O–H groups in total. The molecule has 0 aliphatic heterocycles. The zero-order valence-corrected chi connectivity index (χ0v) is 13.6. The normalized spacial score (nSPS) is 9.79. The van der Waals surface area contributed by atoms with Crippen molar-refractivity contribution in [3.05, 3.63) is 12.1 Å². The van der Waals surface area contributed by atoms with Crippen LogP contribution < -0.4 is 18.9 Å². The van der Waals surface area contributed by atoms with Gasteiger partial charge in [-0.3, -0.25) is 19.2 Å². The summed E-state index contributed by atoms with van der Waals surface area (Å²) in [7, 11) is 0. The van der Waals surface area contributed by atoms with Crippen LogP contribution >= 0.6 is 0 Å². The van der Waals surface area contributed by atoms with Crippen molar-refractivity contribution in [3.8, 4) is 23.0 Å². The molecule has 24 heavy (non-hydrogen) atoms. The van der Waals surface area contributed by atoms with Gasteiger partial charge < -0.3 is 18.9 Å². The Labute approximate surface area is 138 Å². The zero-order chi connectivity index (χ0) is 18.1. The van der Waals surface area contributed by atoms with Crippen LogP contribution in [0, 0.1) is 0 Å².